The molecule has 0 aliphatic carbocycles. The summed E-state index contributed by atoms with van der Waals surface area (Å²) >= 11 is 0. The summed E-state index contributed by atoms with van der Waals surface area (Å²) in [6.45, 7) is 0. The van der Waals surface area contributed by atoms with E-state index in [2.05, 4.69) is 9.97 Å². The molecule has 1 heterocycles. The summed E-state index contributed by atoms with van der Waals surface area (Å²) in [4.78, 5) is 7.88. The molecule has 0 unspecified atom stereocenters. The van der Waals surface area contributed by atoms with Crippen LogP contribution in [0.5, 0.6) is 23.1 Å². The summed E-state index contributed by atoms with van der Waals surface area (Å²) in [5.74, 6) is 2.21. The molecule has 1 aromatic heterocycles. The largest absolute Gasteiger partial charge is 0.496 e. The van der Waals surface area contributed by atoms with Gasteiger partial charge in [-0.3, -0.25) is 0 Å². The molecule has 2 N–H and O–H groups in total. The van der Waals surface area contributed by atoms with E-state index >= 15 is 0 Å². The number of anilines is 1. The fourth-order valence-corrected chi connectivity index (χ4v) is 1.37. The average Bonchev–Trinajstić information content (AvgIpc) is 2.41. The second kappa shape index (κ2) is 5.22. The highest BCUT2D eigenvalue weighted by molar-refractivity contribution is 5.46. The van der Waals surface area contributed by atoms with Crippen molar-refractivity contribution in [1.29, 1.82) is 0 Å². The lowest BCUT2D eigenvalue weighted by Crippen LogP contribution is -1.97. The molecule has 0 aliphatic heterocycles. The Hall–Kier alpha value is -2.50. The standard InChI is InChI=1S/C12H13N3O3/c1-16-8-5-9(17-2)7-10(6-8)18-12-11(13)14-3-4-15-12/h3-7H,1-2H3,(H2,13,14). The van der Waals surface area contributed by atoms with Crippen molar-refractivity contribution < 1.29 is 14.2 Å². The van der Waals surface area contributed by atoms with Crippen molar-refractivity contribution >= 4 is 5.82 Å². The van der Waals surface area contributed by atoms with Crippen molar-refractivity contribution in [2.45, 2.75) is 0 Å². The molecule has 0 bridgehead atoms. The highest BCUT2D eigenvalue weighted by atomic mass is 16.5. The van der Waals surface area contributed by atoms with Gasteiger partial charge in [0.15, 0.2) is 5.82 Å². The number of ether oxygens (including phenoxy) is 3. The summed E-state index contributed by atoms with van der Waals surface area (Å²) in [7, 11) is 3.13. The summed E-state index contributed by atoms with van der Waals surface area (Å²) in [5.41, 5.74) is 5.65. The fourth-order valence-electron chi connectivity index (χ4n) is 1.37. The number of hydrogen-bond acceptors (Lipinski definition) is 6. The molecule has 2 rings (SSSR count). The molecular formula is C12H13N3O3. The molecule has 0 radical (unpaired) electrons. The van der Waals surface area contributed by atoms with Crippen molar-refractivity contribution in [3.05, 3.63) is 30.6 Å². The van der Waals surface area contributed by atoms with Gasteiger partial charge in [-0.15, -0.1) is 0 Å². The van der Waals surface area contributed by atoms with Gasteiger partial charge >= 0.3 is 0 Å². The van der Waals surface area contributed by atoms with Gasteiger partial charge in [-0.25, -0.2) is 9.97 Å². The number of nitrogen functional groups attached to an aromatic ring is 1. The van der Waals surface area contributed by atoms with Crippen molar-refractivity contribution in [2.75, 3.05) is 20.0 Å². The lowest BCUT2D eigenvalue weighted by atomic mass is 10.3. The van der Waals surface area contributed by atoms with Crippen LogP contribution in [0.1, 0.15) is 0 Å². The second-order valence-corrected chi connectivity index (χ2v) is 3.40. The molecule has 0 spiro atoms. The van der Waals surface area contributed by atoms with Gasteiger partial charge in [-0.1, -0.05) is 0 Å². The monoisotopic (exact) mass is 247 g/mol. The van der Waals surface area contributed by atoms with Crippen LogP contribution in [-0.2, 0) is 0 Å². The van der Waals surface area contributed by atoms with Crippen LogP contribution < -0.4 is 19.9 Å². The van der Waals surface area contributed by atoms with Gasteiger partial charge in [0.1, 0.15) is 17.2 Å². The minimum absolute atomic E-state index is 0.222. The van der Waals surface area contributed by atoms with Crippen molar-refractivity contribution in [1.82, 2.24) is 9.97 Å². The zero-order valence-corrected chi connectivity index (χ0v) is 10.1. The number of benzene rings is 1. The van der Waals surface area contributed by atoms with E-state index in [1.165, 1.54) is 12.4 Å². The van der Waals surface area contributed by atoms with Crippen molar-refractivity contribution in [2.24, 2.45) is 0 Å². The highest BCUT2D eigenvalue weighted by Gasteiger charge is 2.07. The van der Waals surface area contributed by atoms with E-state index in [-0.39, 0.29) is 11.7 Å². The third-order valence-electron chi connectivity index (χ3n) is 2.23. The molecule has 6 heteroatoms. The van der Waals surface area contributed by atoms with Crippen LogP contribution in [0.25, 0.3) is 0 Å². The van der Waals surface area contributed by atoms with E-state index in [4.69, 9.17) is 19.9 Å². The number of hydrogen-bond donors (Lipinski definition) is 1. The molecule has 2 aromatic rings. The van der Waals surface area contributed by atoms with Crippen LogP contribution in [0, 0.1) is 0 Å². The molecule has 0 saturated heterocycles. The van der Waals surface area contributed by atoms with Gasteiger partial charge < -0.3 is 19.9 Å². The van der Waals surface area contributed by atoms with Gasteiger partial charge in [0.25, 0.3) is 5.88 Å². The molecule has 94 valence electrons. The van der Waals surface area contributed by atoms with Crippen molar-refractivity contribution in [3.63, 3.8) is 0 Å². The quantitative estimate of drug-likeness (QED) is 0.888. The lowest BCUT2D eigenvalue weighted by Gasteiger charge is -2.09. The van der Waals surface area contributed by atoms with Crippen molar-refractivity contribution in [3.8, 4) is 23.1 Å². The first-order chi connectivity index (χ1) is 8.72. The zero-order valence-electron chi connectivity index (χ0n) is 10.1. The summed E-state index contributed by atoms with van der Waals surface area (Å²) < 4.78 is 15.8. The topological polar surface area (TPSA) is 79.5 Å². The first kappa shape index (κ1) is 12.0. The van der Waals surface area contributed by atoms with Crippen LogP contribution in [0.4, 0.5) is 5.82 Å². The van der Waals surface area contributed by atoms with Gasteiger partial charge in [0.05, 0.1) is 14.2 Å². The Balaban J connectivity index is 2.31. The van der Waals surface area contributed by atoms with Crippen LogP contribution >= 0.6 is 0 Å². The molecule has 0 amide bonds. The smallest absolute Gasteiger partial charge is 0.262 e. The molecule has 6 nitrogen and oxygen atoms in total. The Kier molecular flexibility index (Phi) is 3.47. The Morgan fingerprint density at radius 3 is 2.00 bits per heavy atom. The maximum atomic E-state index is 5.65. The number of nitrogens with two attached hydrogens (primary N) is 1. The van der Waals surface area contributed by atoms with E-state index in [9.17, 15) is 0 Å². The number of methoxy groups -OCH3 is 2. The van der Waals surface area contributed by atoms with E-state index in [1.54, 1.807) is 32.4 Å². The van der Waals surface area contributed by atoms with Gasteiger partial charge in [0.2, 0.25) is 0 Å². The second-order valence-electron chi connectivity index (χ2n) is 3.40. The predicted octanol–water partition coefficient (Wildman–Crippen LogP) is 1.87. The van der Waals surface area contributed by atoms with Gasteiger partial charge in [-0.2, -0.15) is 0 Å². The predicted molar refractivity (Wildman–Crippen MR) is 66.1 cm³/mol. The van der Waals surface area contributed by atoms with E-state index < -0.39 is 0 Å². The van der Waals surface area contributed by atoms with Crippen LogP contribution in [-0.4, -0.2) is 24.2 Å². The van der Waals surface area contributed by atoms with E-state index in [1.807, 2.05) is 0 Å². The highest BCUT2D eigenvalue weighted by Crippen LogP contribution is 2.31. The maximum absolute atomic E-state index is 5.65. The zero-order chi connectivity index (χ0) is 13.0. The average molecular weight is 247 g/mol. The number of rotatable bonds is 4. The van der Waals surface area contributed by atoms with E-state index in [0.29, 0.717) is 17.2 Å². The molecule has 0 saturated carbocycles. The van der Waals surface area contributed by atoms with Gasteiger partial charge in [0, 0.05) is 30.6 Å². The Labute approximate surface area is 104 Å². The lowest BCUT2D eigenvalue weighted by molar-refractivity contribution is 0.385. The first-order valence-electron chi connectivity index (χ1n) is 5.20. The van der Waals surface area contributed by atoms with Crippen LogP contribution in [0.3, 0.4) is 0 Å². The summed E-state index contributed by atoms with van der Waals surface area (Å²) in [6.07, 6.45) is 3.00. The van der Waals surface area contributed by atoms with Crippen LogP contribution in [0.15, 0.2) is 30.6 Å². The molecule has 1 aromatic carbocycles. The molecular weight excluding hydrogens is 234 g/mol. The summed E-state index contributed by atoms with van der Waals surface area (Å²) in [6, 6.07) is 5.15. The Morgan fingerprint density at radius 1 is 0.889 bits per heavy atom. The van der Waals surface area contributed by atoms with Gasteiger partial charge in [-0.05, 0) is 0 Å². The van der Waals surface area contributed by atoms with Crippen LogP contribution in [0.2, 0.25) is 0 Å². The third-order valence-corrected chi connectivity index (χ3v) is 2.23. The first-order valence-corrected chi connectivity index (χ1v) is 5.20. The molecule has 0 aliphatic rings. The Bertz CT molecular complexity index is 524. The number of nitrogens with zero attached hydrogens (tertiary/aromatic N) is 2. The molecule has 0 atom stereocenters. The summed E-state index contributed by atoms with van der Waals surface area (Å²) in [5, 5.41) is 0. The fraction of sp³-hybridized carbons (Fsp3) is 0.167. The maximum Gasteiger partial charge on any atom is 0.262 e. The SMILES string of the molecule is COc1cc(OC)cc(Oc2nccnc2N)c1. The number of aromatic nitrogens is 2. The minimum atomic E-state index is 0.222. The van der Waals surface area contributed by atoms with E-state index in [0.717, 1.165) is 0 Å². The third kappa shape index (κ3) is 2.60. The minimum Gasteiger partial charge on any atom is -0.496 e. The normalized spacial score (nSPS) is 9.89. The molecule has 18 heavy (non-hydrogen) atoms. The molecule has 0 fully saturated rings. The Morgan fingerprint density at radius 2 is 1.44 bits per heavy atom.